The third-order valence-corrected chi connectivity index (χ3v) is 9.87. The zero-order valence-corrected chi connectivity index (χ0v) is 28.4. The predicted molar refractivity (Wildman–Crippen MR) is 170 cm³/mol. The molecule has 0 spiro atoms. The minimum absolute atomic E-state index is 0.0260. The van der Waals surface area contributed by atoms with Gasteiger partial charge >= 0.3 is 6.03 Å². The number of nitrogens with zero attached hydrogens (tertiary/aromatic N) is 3. The molecule has 0 saturated heterocycles. The molecular weight excluding hydrogens is 602 g/mol. The molecule has 1 aromatic heterocycles. The average molecular weight is 652 g/mol. The van der Waals surface area contributed by atoms with Crippen LogP contribution >= 0.6 is 0 Å². The monoisotopic (exact) mass is 651 g/mol. The van der Waals surface area contributed by atoms with Crippen molar-refractivity contribution >= 4 is 27.6 Å². The number of ether oxygens (including phenoxy) is 2. The Labute approximate surface area is 266 Å². The quantitative estimate of drug-likeness (QED) is 0.384. The maximum absolute atomic E-state index is 14.2. The van der Waals surface area contributed by atoms with Gasteiger partial charge in [-0.2, -0.15) is 4.31 Å². The summed E-state index contributed by atoms with van der Waals surface area (Å²) in [7, 11) is -2.45. The van der Waals surface area contributed by atoms with Crippen LogP contribution in [0, 0.1) is 19.8 Å². The Bertz CT molecular complexity index is 1390. The van der Waals surface area contributed by atoms with Gasteiger partial charge in [-0.1, -0.05) is 12.1 Å². The highest BCUT2D eigenvalue weighted by molar-refractivity contribution is 7.89. The summed E-state index contributed by atoms with van der Waals surface area (Å²) in [6, 6.07) is 3.87. The van der Waals surface area contributed by atoms with Crippen LogP contribution in [-0.4, -0.2) is 97.5 Å². The van der Waals surface area contributed by atoms with Gasteiger partial charge in [0.15, 0.2) is 5.76 Å². The van der Waals surface area contributed by atoms with Crippen molar-refractivity contribution in [3.63, 3.8) is 0 Å². The zero-order chi connectivity index (χ0) is 33.5. The number of likely N-dealkylation sites (N-methyl/N-ethyl adjacent to an activating group) is 1. The van der Waals surface area contributed by atoms with E-state index in [2.05, 4.69) is 15.8 Å². The molecule has 14 heteroatoms. The van der Waals surface area contributed by atoms with Crippen LogP contribution in [0.25, 0.3) is 0 Å². The van der Waals surface area contributed by atoms with Crippen molar-refractivity contribution in [2.75, 3.05) is 38.7 Å². The number of carbonyl (C=O) groups is 2. The first-order chi connectivity index (χ1) is 21.1. The highest BCUT2D eigenvalue weighted by atomic mass is 32.2. The van der Waals surface area contributed by atoms with Gasteiger partial charge < -0.3 is 34.6 Å². The number of nitrogens with one attached hydrogen (secondary N) is 2. The molecule has 0 bridgehead atoms. The number of hydrogen-bond acceptors (Lipinski definition) is 9. The van der Waals surface area contributed by atoms with Gasteiger partial charge in [0.05, 0.1) is 30.4 Å². The second-order valence-electron chi connectivity index (χ2n) is 12.2. The molecule has 13 nitrogen and oxygen atoms in total. The summed E-state index contributed by atoms with van der Waals surface area (Å²) in [5.74, 6) is -0.153. The Balaban J connectivity index is 1.97. The number of anilines is 1. The van der Waals surface area contributed by atoms with E-state index in [0.717, 1.165) is 12.8 Å². The van der Waals surface area contributed by atoms with Gasteiger partial charge in [-0.3, -0.25) is 4.79 Å². The maximum atomic E-state index is 14.2. The number of sulfonamides is 1. The Morgan fingerprint density at radius 2 is 1.91 bits per heavy atom. The van der Waals surface area contributed by atoms with Gasteiger partial charge in [0, 0.05) is 44.4 Å². The summed E-state index contributed by atoms with van der Waals surface area (Å²) in [6.07, 6.45) is 1.43. The van der Waals surface area contributed by atoms with Crippen LogP contribution in [0.1, 0.15) is 75.7 Å². The first-order valence-electron chi connectivity index (χ1n) is 15.5. The van der Waals surface area contributed by atoms with Crippen molar-refractivity contribution in [1.29, 1.82) is 0 Å². The molecule has 3 N–H and O–H groups in total. The van der Waals surface area contributed by atoms with E-state index in [1.807, 2.05) is 27.7 Å². The fourth-order valence-corrected chi connectivity index (χ4v) is 6.71. The molecule has 2 heterocycles. The van der Waals surface area contributed by atoms with Crippen molar-refractivity contribution in [1.82, 2.24) is 19.7 Å². The molecule has 252 valence electrons. The molecule has 45 heavy (non-hydrogen) atoms. The maximum Gasteiger partial charge on any atom is 0.319 e. The number of fused-ring (bicyclic) bond motifs is 1. The molecule has 0 saturated carbocycles. The summed E-state index contributed by atoms with van der Waals surface area (Å²) >= 11 is 0. The van der Waals surface area contributed by atoms with Crippen LogP contribution in [0.3, 0.4) is 0 Å². The van der Waals surface area contributed by atoms with Crippen molar-refractivity contribution < 1.29 is 37.1 Å². The largest absolute Gasteiger partial charge is 0.490 e. The molecule has 0 aliphatic carbocycles. The van der Waals surface area contributed by atoms with Crippen LogP contribution in [0.5, 0.6) is 5.75 Å². The summed E-state index contributed by atoms with van der Waals surface area (Å²) in [5, 5.41) is 19.5. The van der Waals surface area contributed by atoms with Gasteiger partial charge in [-0.05, 0) is 79.0 Å². The van der Waals surface area contributed by atoms with E-state index in [1.54, 1.807) is 43.9 Å². The molecule has 3 amide bonds. The summed E-state index contributed by atoms with van der Waals surface area (Å²) in [4.78, 5) is 28.2. The van der Waals surface area contributed by atoms with Gasteiger partial charge in [0.2, 0.25) is 10.0 Å². The van der Waals surface area contributed by atoms with Crippen molar-refractivity contribution in [2.45, 2.75) is 96.9 Å². The molecule has 2 aromatic rings. The molecule has 1 aliphatic rings. The van der Waals surface area contributed by atoms with E-state index in [1.165, 1.54) is 11.4 Å². The lowest BCUT2D eigenvalue weighted by Gasteiger charge is -2.35. The second kappa shape index (κ2) is 15.9. The van der Waals surface area contributed by atoms with E-state index in [0.29, 0.717) is 24.5 Å². The summed E-state index contributed by atoms with van der Waals surface area (Å²) in [5.41, 5.74) is 0.928. The number of aliphatic hydroxyl groups excluding tert-OH is 1. The first kappa shape index (κ1) is 36.3. The van der Waals surface area contributed by atoms with Crippen LogP contribution in [0.2, 0.25) is 0 Å². The summed E-state index contributed by atoms with van der Waals surface area (Å²) < 4.78 is 45.9. The van der Waals surface area contributed by atoms with Crippen molar-refractivity contribution in [2.24, 2.45) is 5.92 Å². The minimum atomic E-state index is -3.94. The SMILES string of the molecule is Cc1noc(C)c1S(=O)(=O)N(C)C[C@@H]1OCCCC[C@H](C)Oc2ccc(NC(=O)NC(C)C)cc2C(=O)N([C@H](C)CO)C[C@@H]1C. The van der Waals surface area contributed by atoms with Crippen LogP contribution < -0.4 is 15.4 Å². The molecule has 0 fully saturated rings. The van der Waals surface area contributed by atoms with E-state index >= 15 is 0 Å². The summed E-state index contributed by atoms with van der Waals surface area (Å²) in [6.45, 7) is 12.7. The van der Waals surface area contributed by atoms with E-state index in [9.17, 15) is 23.1 Å². The minimum Gasteiger partial charge on any atom is -0.490 e. The number of benzene rings is 1. The highest BCUT2D eigenvalue weighted by Gasteiger charge is 2.34. The molecule has 1 aromatic carbocycles. The standard InChI is InChI=1S/C31H49N5O8S/c1-19(2)32-31(39)33-25-12-13-27-26(15-25)30(38)36(21(4)18-37)16-20(3)28(42-14-10-9-11-22(5)43-27)17-35(8)45(40,41)29-23(6)34-44-24(29)7/h12-13,15,19-22,28,37H,9-11,14,16-18H2,1-8H3,(H2,32,33,39)/t20-,21+,22-,28-/m0/s1. The number of rotatable bonds is 8. The molecule has 0 unspecified atom stereocenters. The topological polar surface area (TPSA) is 164 Å². The molecule has 3 rings (SSSR count). The third kappa shape index (κ3) is 9.41. The van der Waals surface area contributed by atoms with Crippen LogP contribution in [0.4, 0.5) is 10.5 Å². The predicted octanol–water partition coefficient (Wildman–Crippen LogP) is 3.94. The lowest BCUT2D eigenvalue weighted by molar-refractivity contribution is -0.00835. The average Bonchev–Trinajstić information content (AvgIpc) is 3.31. The number of aryl methyl sites for hydroxylation is 2. The second-order valence-corrected chi connectivity index (χ2v) is 14.2. The fraction of sp³-hybridized carbons (Fsp3) is 0.645. The molecule has 4 atom stereocenters. The normalized spacial score (nSPS) is 21.2. The molecular formula is C31H49N5O8S. The van der Waals surface area contributed by atoms with Gasteiger partial charge in [-0.25, -0.2) is 13.2 Å². The first-order valence-corrected chi connectivity index (χ1v) is 16.9. The van der Waals surface area contributed by atoms with Crippen molar-refractivity contribution in [3.8, 4) is 5.75 Å². The number of urea groups is 1. The van der Waals surface area contributed by atoms with E-state index in [-0.39, 0.29) is 59.7 Å². The lowest BCUT2D eigenvalue weighted by Crippen LogP contribution is -2.48. The molecule has 1 aliphatic heterocycles. The number of aromatic nitrogens is 1. The van der Waals surface area contributed by atoms with Crippen molar-refractivity contribution in [3.05, 3.63) is 35.2 Å². The highest BCUT2D eigenvalue weighted by Crippen LogP contribution is 2.29. The smallest absolute Gasteiger partial charge is 0.319 e. The van der Waals surface area contributed by atoms with Gasteiger partial charge in [0.1, 0.15) is 16.3 Å². The van der Waals surface area contributed by atoms with Crippen LogP contribution in [0.15, 0.2) is 27.6 Å². The molecule has 0 radical (unpaired) electrons. The van der Waals surface area contributed by atoms with Gasteiger partial charge in [-0.15, -0.1) is 0 Å². The van der Waals surface area contributed by atoms with Crippen LogP contribution in [-0.2, 0) is 14.8 Å². The number of carbonyl (C=O) groups excluding carboxylic acids is 2. The Kier molecular flexibility index (Phi) is 12.8. The third-order valence-electron chi connectivity index (χ3n) is 7.80. The lowest BCUT2D eigenvalue weighted by atomic mass is 10.0. The Hall–Kier alpha value is -3.20. The number of aliphatic hydroxyl groups is 1. The number of amides is 3. The Morgan fingerprint density at radius 3 is 2.53 bits per heavy atom. The zero-order valence-electron chi connectivity index (χ0n) is 27.6. The van der Waals surface area contributed by atoms with E-state index < -0.39 is 34.1 Å². The Morgan fingerprint density at radius 1 is 1.20 bits per heavy atom. The van der Waals surface area contributed by atoms with E-state index in [4.69, 9.17) is 14.0 Å². The fourth-order valence-electron chi connectivity index (χ4n) is 5.24. The van der Waals surface area contributed by atoms with Gasteiger partial charge in [0.25, 0.3) is 5.91 Å². The number of hydrogen-bond donors (Lipinski definition) is 3.